The fourth-order valence-electron chi connectivity index (χ4n) is 1.11. The predicted molar refractivity (Wildman–Crippen MR) is 52.0 cm³/mol. The molecule has 1 heterocycles. The average molecular weight is 197 g/mol. The summed E-state index contributed by atoms with van der Waals surface area (Å²) in [5.41, 5.74) is 2.09. The van der Waals surface area contributed by atoms with Crippen LogP contribution >= 0.6 is 0 Å². The van der Waals surface area contributed by atoms with Crippen LogP contribution in [0.2, 0.25) is 0 Å². The van der Waals surface area contributed by atoms with Gasteiger partial charge in [-0.05, 0) is 19.2 Å². The van der Waals surface area contributed by atoms with Gasteiger partial charge in [0.15, 0.2) is 0 Å². The zero-order valence-electron chi connectivity index (χ0n) is 8.19. The smallest absolute Gasteiger partial charge is 0.235 e. The van der Waals surface area contributed by atoms with Crippen LogP contribution in [0.15, 0.2) is 22.8 Å². The minimum Gasteiger partial charge on any atom is -0.468 e. The van der Waals surface area contributed by atoms with E-state index in [1.165, 1.54) is 0 Å². The van der Waals surface area contributed by atoms with Gasteiger partial charge in [0.1, 0.15) is 5.76 Å². The van der Waals surface area contributed by atoms with Gasteiger partial charge >= 0.3 is 0 Å². The van der Waals surface area contributed by atoms with Crippen LogP contribution in [0, 0.1) is 0 Å². The molecule has 5 nitrogen and oxygen atoms in total. The van der Waals surface area contributed by atoms with Crippen LogP contribution < -0.4 is 11.3 Å². The van der Waals surface area contributed by atoms with Crippen molar-refractivity contribution in [1.82, 2.24) is 10.3 Å². The van der Waals surface area contributed by atoms with Gasteiger partial charge in [-0.25, -0.2) is 5.84 Å². The predicted octanol–water partition coefficient (Wildman–Crippen LogP) is 0.0914. The normalized spacial score (nSPS) is 10.5. The molecule has 0 radical (unpaired) electrons. The molecule has 1 rings (SSSR count). The number of amides is 1. The van der Waals surface area contributed by atoms with Crippen LogP contribution in [0.4, 0.5) is 0 Å². The molecule has 0 aliphatic carbocycles. The first-order valence-corrected chi connectivity index (χ1v) is 4.42. The molecule has 0 fully saturated rings. The maximum Gasteiger partial charge on any atom is 0.235 e. The molecule has 0 aromatic carbocycles. The third kappa shape index (κ3) is 3.59. The summed E-state index contributed by atoms with van der Waals surface area (Å²) in [6.45, 7) is 1.36. The number of nitrogens with one attached hydrogen (secondary N) is 1. The Morgan fingerprint density at radius 1 is 1.71 bits per heavy atom. The van der Waals surface area contributed by atoms with Crippen molar-refractivity contribution in [2.45, 2.75) is 13.0 Å². The van der Waals surface area contributed by atoms with Crippen LogP contribution in [-0.4, -0.2) is 24.4 Å². The second kappa shape index (κ2) is 5.41. The highest BCUT2D eigenvalue weighted by atomic mass is 16.3. The Hall–Kier alpha value is -1.33. The Labute approximate surface area is 82.8 Å². The van der Waals surface area contributed by atoms with Gasteiger partial charge in [-0.1, -0.05) is 0 Å². The van der Waals surface area contributed by atoms with E-state index >= 15 is 0 Å². The molecule has 1 aromatic heterocycles. The van der Waals surface area contributed by atoms with Crippen molar-refractivity contribution in [1.29, 1.82) is 0 Å². The fraction of sp³-hybridized carbons (Fsp3) is 0.444. The Kier molecular flexibility index (Phi) is 4.15. The van der Waals surface area contributed by atoms with E-state index in [4.69, 9.17) is 10.3 Å². The average Bonchev–Trinajstić information content (AvgIpc) is 2.66. The molecule has 5 heteroatoms. The number of carbonyl (C=O) groups excluding carboxylic acids is 1. The number of nitrogens with two attached hydrogens (primary N) is 1. The minimum atomic E-state index is -0.156. The van der Waals surface area contributed by atoms with Crippen molar-refractivity contribution in [3.63, 3.8) is 0 Å². The third-order valence-corrected chi connectivity index (χ3v) is 1.89. The molecule has 0 atom stereocenters. The summed E-state index contributed by atoms with van der Waals surface area (Å²) in [5, 5.41) is 0. The SMILES string of the molecule is CN(CCC(=O)NN)Cc1ccco1. The van der Waals surface area contributed by atoms with E-state index in [-0.39, 0.29) is 5.91 Å². The number of carbonyl (C=O) groups is 1. The van der Waals surface area contributed by atoms with Crippen LogP contribution in [0.3, 0.4) is 0 Å². The van der Waals surface area contributed by atoms with E-state index in [1.54, 1.807) is 6.26 Å². The summed E-state index contributed by atoms with van der Waals surface area (Å²) in [5.74, 6) is 5.69. The molecule has 0 saturated carbocycles. The minimum absolute atomic E-state index is 0.156. The van der Waals surface area contributed by atoms with E-state index in [2.05, 4.69) is 5.43 Å². The molecule has 0 bridgehead atoms. The lowest BCUT2D eigenvalue weighted by atomic mass is 10.3. The lowest BCUT2D eigenvalue weighted by molar-refractivity contribution is -0.121. The van der Waals surface area contributed by atoms with E-state index in [0.717, 1.165) is 5.76 Å². The molecular weight excluding hydrogens is 182 g/mol. The first-order valence-electron chi connectivity index (χ1n) is 4.42. The van der Waals surface area contributed by atoms with Gasteiger partial charge in [0.2, 0.25) is 5.91 Å². The summed E-state index contributed by atoms with van der Waals surface area (Å²) < 4.78 is 5.17. The summed E-state index contributed by atoms with van der Waals surface area (Å²) >= 11 is 0. The van der Waals surface area contributed by atoms with Gasteiger partial charge < -0.3 is 4.42 Å². The lowest BCUT2D eigenvalue weighted by Gasteiger charge is -2.13. The van der Waals surface area contributed by atoms with Crippen molar-refractivity contribution in [2.75, 3.05) is 13.6 Å². The monoisotopic (exact) mass is 197 g/mol. The second-order valence-corrected chi connectivity index (χ2v) is 3.13. The summed E-state index contributed by atoms with van der Waals surface area (Å²) in [4.78, 5) is 12.8. The molecule has 1 amide bonds. The Balaban J connectivity index is 2.22. The van der Waals surface area contributed by atoms with Crippen molar-refractivity contribution in [3.05, 3.63) is 24.2 Å². The van der Waals surface area contributed by atoms with Gasteiger partial charge in [0, 0.05) is 13.0 Å². The molecule has 1 aromatic rings. The van der Waals surface area contributed by atoms with Crippen molar-refractivity contribution in [2.24, 2.45) is 5.84 Å². The summed E-state index contributed by atoms with van der Waals surface area (Å²) in [7, 11) is 1.92. The molecule has 0 unspecified atom stereocenters. The Morgan fingerprint density at radius 2 is 2.50 bits per heavy atom. The van der Waals surface area contributed by atoms with Gasteiger partial charge in [-0.15, -0.1) is 0 Å². The van der Waals surface area contributed by atoms with Crippen molar-refractivity contribution in [3.8, 4) is 0 Å². The van der Waals surface area contributed by atoms with E-state index in [9.17, 15) is 4.79 Å². The number of nitrogens with zero attached hydrogens (tertiary/aromatic N) is 1. The number of hydrogen-bond donors (Lipinski definition) is 2. The van der Waals surface area contributed by atoms with Crippen LogP contribution in [-0.2, 0) is 11.3 Å². The molecule has 0 aliphatic heterocycles. The first kappa shape index (κ1) is 10.7. The van der Waals surface area contributed by atoms with Gasteiger partial charge in [0.25, 0.3) is 0 Å². The fourth-order valence-corrected chi connectivity index (χ4v) is 1.11. The lowest BCUT2D eigenvalue weighted by Crippen LogP contribution is -2.33. The van der Waals surface area contributed by atoms with Crippen molar-refractivity contribution >= 4 is 5.91 Å². The summed E-state index contributed by atoms with van der Waals surface area (Å²) in [6.07, 6.45) is 2.03. The van der Waals surface area contributed by atoms with Gasteiger partial charge in [-0.3, -0.25) is 15.1 Å². The number of hydrazine groups is 1. The maximum atomic E-state index is 10.8. The second-order valence-electron chi connectivity index (χ2n) is 3.13. The van der Waals surface area contributed by atoms with Crippen LogP contribution in [0.5, 0.6) is 0 Å². The molecular formula is C9H15N3O2. The molecule has 14 heavy (non-hydrogen) atoms. The highest BCUT2D eigenvalue weighted by Gasteiger charge is 2.04. The van der Waals surface area contributed by atoms with E-state index in [1.807, 2.05) is 24.1 Å². The highest BCUT2D eigenvalue weighted by molar-refractivity contribution is 5.75. The van der Waals surface area contributed by atoms with Crippen molar-refractivity contribution < 1.29 is 9.21 Å². The summed E-state index contributed by atoms with van der Waals surface area (Å²) in [6, 6.07) is 3.75. The quantitative estimate of drug-likeness (QED) is 0.399. The molecule has 78 valence electrons. The van der Waals surface area contributed by atoms with E-state index < -0.39 is 0 Å². The van der Waals surface area contributed by atoms with Crippen LogP contribution in [0.25, 0.3) is 0 Å². The van der Waals surface area contributed by atoms with E-state index in [0.29, 0.717) is 19.5 Å². The zero-order valence-corrected chi connectivity index (χ0v) is 8.19. The topological polar surface area (TPSA) is 71.5 Å². The zero-order chi connectivity index (χ0) is 10.4. The number of hydrogen-bond acceptors (Lipinski definition) is 4. The maximum absolute atomic E-state index is 10.8. The largest absolute Gasteiger partial charge is 0.468 e. The molecule has 0 spiro atoms. The Bertz CT molecular complexity index is 272. The van der Waals surface area contributed by atoms with Gasteiger partial charge in [-0.2, -0.15) is 0 Å². The Morgan fingerprint density at radius 3 is 3.07 bits per heavy atom. The molecule has 0 saturated heterocycles. The number of rotatable bonds is 5. The molecule has 3 N–H and O–H groups in total. The molecule has 0 aliphatic rings. The van der Waals surface area contributed by atoms with Gasteiger partial charge in [0.05, 0.1) is 12.8 Å². The first-order chi connectivity index (χ1) is 6.72. The third-order valence-electron chi connectivity index (χ3n) is 1.89. The number of furan rings is 1. The standard InChI is InChI=1S/C9H15N3O2/c1-12(5-4-9(13)11-10)7-8-3-2-6-14-8/h2-3,6H,4-5,7,10H2,1H3,(H,11,13). The highest BCUT2D eigenvalue weighted by Crippen LogP contribution is 2.03. The van der Waals surface area contributed by atoms with Crippen LogP contribution in [0.1, 0.15) is 12.2 Å².